The average molecular weight is 372 g/mol. The molecule has 0 aliphatic carbocycles. The van der Waals surface area contributed by atoms with Gasteiger partial charge in [0.15, 0.2) is 17.5 Å². The minimum absolute atomic E-state index is 0.137. The molecular formula is C19H22N3O3S+. The molecule has 2 aromatic heterocycles. The summed E-state index contributed by atoms with van der Waals surface area (Å²) in [6.45, 7) is 4.06. The smallest absolute Gasteiger partial charge is 0.274 e. The zero-order valence-electron chi connectivity index (χ0n) is 15.1. The van der Waals surface area contributed by atoms with Crippen LogP contribution < -0.4 is 14.4 Å². The minimum atomic E-state index is 0.137. The predicted octanol–water partition coefficient (Wildman–Crippen LogP) is 2.52. The largest absolute Gasteiger partial charge is 0.493 e. The van der Waals surface area contributed by atoms with Gasteiger partial charge in [-0.15, -0.1) is 21.5 Å². The van der Waals surface area contributed by atoms with Crippen molar-refractivity contribution < 1.29 is 18.8 Å². The van der Waals surface area contributed by atoms with Crippen molar-refractivity contribution >= 4 is 11.3 Å². The molecule has 0 saturated carbocycles. The van der Waals surface area contributed by atoms with Crippen LogP contribution >= 0.6 is 11.3 Å². The van der Waals surface area contributed by atoms with Crippen LogP contribution in [0.4, 0.5) is 0 Å². The van der Waals surface area contributed by atoms with Gasteiger partial charge in [-0.1, -0.05) is 6.07 Å². The van der Waals surface area contributed by atoms with Crippen LogP contribution in [0.5, 0.6) is 11.5 Å². The molecule has 0 fully saturated rings. The van der Waals surface area contributed by atoms with Crippen molar-refractivity contribution in [2.24, 2.45) is 0 Å². The molecular weight excluding hydrogens is 350 g/mol. The molecule has 0 saturated heterocycles. The van der Waals surface area contributed by atoms with Gasteiger partial charge in [-0.2, -0.15) is 0 Å². The SMILES string of the molecule is COc1cc2c(cc1OC)C[NH+]([C@H](C)c1nnc(-c3cccs3)o1)CC2. The first-order valence-corrected chi connectivity index (χ1v) is 9.53. The van der Waals surface area contributed by atoms with Crippen LogP contribution in [0.1, 0.15) is 30.0 Å². The van der Waals surface area contributed by atoms with Crippen molar-refractivity contribution in [2.45, 2.75) is 25.9 Å². The Hall–Kier alpha value is -2.38. The Morgan fingerprint density at radius 1 is 1.15 bits per heavy atom. The third-order valence-electron chi connectivity index (χ3n) is 4.99. The van der Waals surface area contributed by atoms with E-state index in [-0.39, 0.29) is 6.04 Å². The number of quaternary nitrogens is 1. The molecule has 1 aliphatic heterocycles. The summed E-state index contributed by atoms with van der Waals surface area (Å²) in [7, 11) is 3.35. The van der Waals surface area contributed by atoms with Gasteiger partial charge in [-0.25, -0.2) is 0 Å². The fourth-order valence-corrected chi connectivity index (χ4v) is 4.09. The molecule has 0 bridgehead atoms. The molecule has 6 nitrogen and oxygen atoms in total. The Bertz CT molecular complexity index is 892. The Kier molecular flexibility index (Phi) is 4.65. The average Bonchev–Trinajstić information content (AvgIpc) is 3.37. The van der Waals surface area contributed by atoms with Crippen molar-refractivity contribution in [1.82, 2.24) is 10.2 Å². The fourth-order valence-electron chi connectivity index (χ4n) is 3.44. The number of benzene rings is 1. The summed E-state index contributed by atoms with van der Waals surface area (Å²) in [5.74, 6) is 2.86. The first-order chi connectivity index (χ1) is 12.7. The van der Waals surface area contributed by atoms with Crippen LogP contribution in [0.2, 0.25) is 0 Å². The van der Waals surface area contributed by atoms with E-state index >= 15 is 0 Å². The highest BCUT2D eigenvalue weighted by molar-refractivity contribution is 7.13. The molecule has 26 heavy (non-hydrogen) atoms. The zero-order chi connectivity index (χ0) is 18.1. The monoisotopic (exact) mass is 372 g/mol. The van der Waals surface area contributed by atoms with E-state index in [1.807, 2.05) is 17.5 Å². The number of aromatic nitrogens is 2. The number of hydrogen-bond donors (Lipinski definition) is 1. The molecule has 0 spiro atoms. The van der Waals surface area contributed by atoms with E-state index in [1.165, 1.54) is 16.0 Å². The van der Waals surface area contributed by atoms with E-state index in [9.17, 15) is 0 Å². The van der Waals surface area contributed by atoms with E-state index in [0.29, 0.717) is 11.8 Å². The Morgan fingerprint density at radius 3 is 2.62 bits per heavy atom. The lowest BCUT2D eigenvalue weighted by Crippen LogP contribution is -3.11. The second kappa shape index (κ2) is 7.09. The second-order valence-electron chi connectivity index (χ2n) is 6.46. The molecule has 7 heteroatoms. The molecule has 3 heterocycles. The van der Waals surface area contributed by atoms with Crippen molar-refractivity contribution in [3.8, 4) is 22.3 Å². The highest BCUT2D eigenvalue weighted by Gasteiger charge is 2.30. The number of methoxy groups -OCH3 is 2. The summed E-state index contributed by atoms with van der Waals surface area (Å²) in [5, 5.41) is 10.5. The van der Waals surface area contributed by atoms with Crippen LogP contribution in [0.25, 0.3) is 10.8 Å². The molecule has 136 valence electrons. The Balaban J connectivity index is 1.55. The van der Waals surface area contributed by atoms with Gasteiger partial charge in [0, 0.05) is 12.0 Å². The van der Waals surface area contributed by atoms with Crippen LogP contribution in [-0.4, -0.2) is 31.0 Å². The topological polar surface area (TPSA) is 61.8 Å². The number of rotatable bonds is 5. The quantitative estimate of drug-likeness (QED) is 0.746. The third kappa shape index (κ3) is 3.08. The van der Waals surface area contributed by atoms with E-state index in [1.54, 1.807) is 25.6 Å². The molecule has 0 radical (unpaired) electrons. The van der Waals surface area contributed by atoms with Gasteiger partial charge in [0.2, 0.25) is 0 Å². The third-order valence-corrected chi connectivity index (χ3v) is 5.85. The van der Waals surface area contributed by atoms with Gasteiger partial charge < -0.3 is 18.8 Å². The standard InChI is InChI=1S/C19H21N3O3S/c1-12(18-20-21-19(25-18)17-5-4-8-26-17)22-7-6-13-9-15(23-2)16(24-3)10-14(13)11-22/h4-5,8-10,12H,6-7,11H2,1-3H3/p+1/t12-/m1/s1. The highest BCUT2D eigenvalue weighted by atomic mass is 32.1. The van der Waals surface area contributed by atoms with Crippen LogP contribution in [0.3, 0.4) is 0 Å². The maximum absolute atomic E-state index is 5.94. The van der Waals surface area contributed by atoms with Crippen molar-refractivity contribution in [3.63, 3.8) is 0 Å². The number of nitrogens with one attached hydrogen (secondary N) is 1. The van der Waals surface area contributed by atoms with Gasteiger partial charge in [0.05, 0.1) is 25.6 Å². The lowest BCUT2D eigenvalue weighted by atomic mass is 9.97. The Morgan fingerprint density at radius 2 is 1.92 bits per heavy atom. The second-order valence-corrected chi connectivity index (χ2v) is 7.40. The molecule has 1 aliphatic rings. The number of fused-ring (bicyclic) bond motifs is 1. The summed E-state index contributed by atoms with van der Waals surface area (Å²) in [6.07, 6.45) is 0.987. The molecule has 3 aromatic rings. The Labute approximate surface area is 156 Å². The summed E-state index contributed by atoms with van der Waals surface area (Å²) >= 11 is 1.61. The summed E-state index contributed by atoms with van der Waals surface area (Å²) < 4.78 is 16.8. The number of hydrogen-bond acceptors (Lipinski definition) is 6. The van der Waals surface area contributed by atoms with Gasteiger partial charge in [-0.3, -0.25) is 0 Å². The summed E-state index contributed by atoms with van der Waals surface area (Å²) in [5.41, 5.74) is 2.61. The lowest BCUT2D eigenvalue weighted by molar-refractivity contribution is -0.946. The van der Waals surface area contributed by atoms with Crippen molar-refractivity contribution in [3.05, 3.63) is 46.7 Å². The zero-order valence-corrected chi connectivity index (χ0v) is 15.9. The fraction of sp³-hybridized carbons (Fsp3) is 0.368. The number of ether oxygens (including phenoxy) is 2. The van der Waals surface area contributed by atoms with Crippen molar-refractivity contribution in [2.75, 3.05) is 20.8 Å². The van der Waals surface area contributed by atoms with E-state index < -0.39 is 0 Å². The van der Waals surface area contributed by atoms with Crippen molar-refractivity contribution in [1.29, 1.82) is 0 Å². The maximum Gasteiger partial charge on any atom is 0.274 e. The van der Waals surface area contributed by atoms with Crippen LogP contribution in [0.15, 0.2) is 34.1 Å². The summed E-state index contributed by atoms with van der Waals surface area (Å²) in [4.78, 5) is 2.41. The highest BCUT2D eigenvalue weighted by Crippen LogP contribution is 2.31. The molecule has 1 N–H and O–H groups in total. The van der Waals surface area contributed by atoms with Gasteiger partial charge in [-0.05, 0) is 36.1 Å². The molecule has 4 rings (SSSR count). The number of nitrogens with zero attached hydrogens (tertiary/aromatic N) is 2. The minimum Gasteiger partial charge on any atom is -0.493 e. The van der Waals surface area contributed by atoms with Gasteiger partial charge in [0.1, 0.15) is 6.54 Å². The van der Waals surface area contributed by atoms with Gasteiger partial charge in [0.25, 0.3) is 11.8 Å². The number of thiophene rings is 1. The predicted molar refractivity (Wildman–Crippen MR) is 98.8 cm³/mol. The van der Waals surface area contributed by atoms with E-state index in [0.717, 1.165) is 35.9 Å². The maximum atomic E-state index is 5.94. The first kappa shape index (κ1) is 17.1. The first-order valence-electron chi connectivity index (χ1n) is 8.65. The lowest BCUT2D eigenvalue weighted by Gasteiger charge is -2.29. The molecule has 1 unspecified atom stereocenters. The molecule has 1 aromatic carbocycles. The molecule has 2 atom stereocenters. The van der Waals surface area contributed by atoms with Crippen LogP contribution in [-0.2, 0) is 13.0 Å². The van der Waals surface area contributed by atoms with Gasteiger partial charge >= 0.3 is 0 Å². The normalized spacial score (nSPS) is 17.6. The molecule has 0 amide bonds. The van der Waals surface area contributed by atoms with Crippen LogP contribution in [0, 0.1) is 0 Å². The summed E-state index contributed by atoms with van der Waals surface area (Å²) in [6, 6.07) is 8.30. The van der Waals surface area contributed by atoms with E-state index in [4.69, 9.17) is 13.9 Å². The van der Waals surface area contributed by atoms with E-state index in [2.05, 4.69) is 29.3 Å².